The molecule has 90 valence electrons. The van der Waals surface area contributed by atoms with Gasteiger partial charge in [-0.05, 0) is 26.7 Å². The molecule has 0 aromatic rings. The highest BCUT2D eigenvalue weighted by Crippen LogP contribution is 2.23. The monoisotopic (exact) mass is 214 g/mol. The fourth-order valence-electron chi connectivity index (χ4n) is 2.14. The van der Waals surface area contributed by atoms with Crippen LogP contribution in [0.25, 0.3) is 0 Å². The number of nitrogens with zero attached hydrogens (tertiary/aromatic N) is 1. The SMILES string of the molecule is CCC(O)(CC)CN1CCNCC1(C)C. The maximum Gasteiger partial charge on any atom is 0.0769 e. The van der Waals surface area contributed by atoms with E-state index in [4.69, 9.17) is 0 Å². The van der Waals surface area contributed by atoms with Gasteiger partial charge < -0.3 is 10.4 Å². The van der Waals surface area contributed by atoms with Crippen LogP contribution in [0.4, 0.5) is 0 Å². The zero-order valence-corrected chi connectivity index (χ0v) is 10.6. The van der Waals surface area contributed by atoms with Gasteiger partial charge in [-0.25, -0.2) is 0 Å². The molecule has 1 heterocycles. The summed E-state index contributed by atoms with van der Waals surface area (Å²) >= 11 is 0. The molecule has 0 aliphatic carbocycles. The van der Waals surface area contributed by atoms with Crippen molar-refractivity contribution in [1.29, 1.82) is 0 Å². The van der Waals surface area contributed by atoms with Crippen molar-refractivity contribution in [3.8, 4) is 0 Å². The first-order chi connectivity index (χ1) is 6.93. The molecule has 1 aliphatic heterocycles. The van der Waals surface area contributed by atoms with Gasteiger partial charge in [0.05, 0.1) is 5.60 Å². The van der Waals surface area contributed by atoms with Crippen molar-refractivity contribution >= 4 is 0 Å². The van der Waals surface area contributed by atoms with E-state index in [1.165, 1.54) is 0 Å². The minimum Gasteiger partial charge on any atom is -0.389 e. The second-order valence-corrected chi connectivity index (χ2v) is 5.34. The molecule has 1 saturated heterocycles. The van der Waals surface area contributed by atoms with E-state index in [1.807, 2.05) is 0 Å². The van der Waals surface area contributed by atoms with E-state index in [1.54, 1.807) is 0 Å². The fourth-order valence-corrected chi connectivity index (χ4v) is 2.14. The first-order valence-corrected chi connectivity index (χ1v) is 6.12. The molecule has 0 radical (unpaired) electrons. The third kappa shape index (κ3) is 3.16. The van der Waals surface area contributed by atoms with Crippen molar-refractivity contribution in [3.05, 3.63) is 0 Å². The van der Waals surface area contributed by atoms with Crippen molar-refractivity contribution in [3.63, 3.8) is 0 Å². The molecule has 3 heteroatoms. The van der Waals surface area contributed by atoms with Crippen molar-refractivity contribution in [2.24, 2.45) is 0 Å². The van der Waals surface area contributed by atoms with Gasteiger partial charge in [0, 0.05) is 31.7 Å². The highest BCUT2D eigenvalue weighted by Gasteiger charge is 2.35. The number of nitrogens with one attached hydrogen (secondary N) is 1. The summed E-state index contributed by atoms with van der Waals surface area (Å²) in [6, 6.07) is 0. The average Bonchev–Trinajstić information content (AvgIpc) is 2.21. The Morgan fingerprint density at radius 1 is 1.33 bits per heavy atom. The highest BCUT2D eigenvalue weighted by molar-refractivity contribution is 4.92. The summed E-state index contributed by atoms with van der Waals surface area (Å²) in [6.07, 6.45) is 1.67. The summed E-state index contributed by atoms with van der Waals surface area (Å²) in [7, 11) is 0. The second-order valence-electron chi connectivity index (χ2n) is 5.34. The van der Waals surface area contributed by atoms with Crippen LogP contribution in [0.1, 0.15) is 40.5 Å². The maximum atomic E-state index is 10.4. The molecular formula is C12H26N2O. The van der Waals surface area contributed by atoms with Gasteiger partial charge in [-0.3, -0.25) is 4.90 Å². The molecule has 0 unspecified atom stereocenters. The molecule has 0 spiro atoms. The van der Waals surface area contributed by atoms with Crippen LogP contribution in [0, 0.1) is 0 Å². The number of β-amino-alcohol motifs (C(OH)–C–C–N with tert-alkyl or cyclic N) is 1. The standard InChI is InChI=1S/C12H26N2O/c1-5-12(15,6-2)10-14-8-7-13-9-11(14,3)4/h13,15H,5-10H2,1-4H3. The molecule has 2 N–H and O–H groups in total. The fraction of sp³-hybridized carbons (Fsp3) is 1.00. The summed E-state index contributed by atoms with van der Waals surface area (Å²) < 4.78 is 0. The lowest BCUT2D eigenvalue weighted by molar-refractivity contribution is -0.0384. The van der Waals surface area contributed by atoms with E-state index < -0.39 is 5.60 Å². The molecule has 0 aromatic heterocycles. The lowest BCUT2D eigenvalue weighted by Crippen LogP contribution is -2.61. The largest absolute Gasteiger partial charge is 0.389 e. The Labute approximate surface area is 93.9 Å². The zero-order chi connectivity index (χ0) is 11.5. The number of hydrogen-bond donors (Lipinski definition) is 2. The molecule has 0 saturated carbocycles. The number of hydrogen-bond acceptors (Lipinski definition) is 3. The Kier molecular flexibility index (Phi) is 4.15. The second kappa shape index (κ2) is 4.81. The lowest BCUT2D eigenvalue weighted by Gasteiger charge is -2.46. The van der Waals surface area contributed by atoms with Crippen molar-refractivity contribution < 1.29 is 5.11 Å². The molecule has 1 fully saturated rings. The van der Waals surface area contributed by atoms with E-state index in [0.29, 0.717) is 0 Å². The Bertz CT molecular complexity index is 200. The van der Waals surface area contributed by atoms with E-state index in [9.17, 15) is 5.11 Å². The normalized spacial score (nSPS) is 23.0. The first kappa shape index (κ1) is 12.9. The van der Waals surface area contributed by atoms with Crippen LogP contribution in [0.2, 0.25) is 0 Å². The molecule has 0 aromatic carbocycles. The van der Waals surface area contributed by atoms with Crippen molar-refractivity contribution in [1.82, 2.24) is 10.2 Å². The number of piperazine rings is 1. The van der Waals surface area contributed by atoms with Gasteiger partial charge in [0.15, 0.2) is 0 Å². The average molecular weight is 214 g/mol. The molecule has 0 amide bonds. The Morgan fingerprint density at radius 2 is 1.93 bits per heavy atom. The first-order valence-electron chi connectivity index (χ1n) is 6.12. The highest BCUT2D eigenvalue weighted by atomic mass is 16.3. The summed E-state index contributed by atoms with van der Waals surface area (Å²) in [5.74, 6) is 0. The Hall–Kier alpha value is -0.120. The zero-order valence-electron chi connectivity index (χ0n) is 10.6. The Morgan fingerprint density at radius 3 is 2.40 bits per heavy atom. The molecule has 15 heavy (non-hydrogen) atoms. The van der Waals surface area contributed by atoms with Crippen LogP contribution < -0.4 is 5.32 Å². The molecular weight excluding hydrogens is 188 g/mol. The van der Waals surface area contributed by atoms with E-state index in [0.717, 1.165) is 39.0 Å². The van der Waals surface area contributed by atoms with Crippen LogP contribution in [0.5, 0.6) is 0 Å². The Balaban J connectivity index is 2.62. The van der Waals surface area contributed by atoms with Crippen LogP contribution in [-0.2, 0) is 0 Å². The van der Waals surface area contributed by atoms with Crippen molar-refractivity contribution in [2.45, 2.75) is 51.7 Å². The van der Waals surface area contributed by atoms with Gasteiger partial charge in [0.2, 0.25) is 0 Å². The van der Waals surface area contributed by atoms with Gasteiger partial charge >= 0.3 is 0 Å². The maximum absolute atomic E-state index is 10.4. The summed E-state index contributed by atoms with van der Waals surface area (Å²) in [6.45, 7) is 12.5. The van der Waals surface area contributed by atoms with Crippen LogP contribution in [0.3, 0.4) is 0 Å². The third-order valence-corrected chi connectivity index (χ3v) is 3.77. The van der Waals surface area contributed by atoms with Crippen LogP contribution in [-0.4, -0.2) is 47.3 Å². The van der Waals surface area contributed by atoms with Gasteiger partial charge in [0.25, 0.3) is 0 Å². The van der Waals surface area contributed by atoms with Crippen molar-refractivity contribution in [2.75, 3.05) is 26.2 Å². The van der Waals surface area contributed by atoms with E-state index in [-0.39, 0.29) is 5.54 Å². The topological polar surface area (TPSA) is 35.5 Å². The number of rotatable bonds is 4. The minimum absolute atomic E-state index is 0.163. The minimum atomic E-state index is -0.505. The summed E-state index contributed by atoms with van der Waals surface area (Å²) in [5, 5.41) is 13.8. The number of aliphatic hydroxyl groups is 1. The quantitative estimate of drug-likeness (QED) is 0.738. The molecule has 0 atom stereocenters. The molecule has 0 bridgehead atoms. The predicted octanol–water partition coefficient (Wildman–Crippen LogP) is 1.22. The van der Waals surface area contributed by atoms with Gasteiger partial charge in [-0.2, -0.15) is 0 Å². The molecule has 1 rings (SSSR count). The van der Waals surface area contributed by atoms with Crippen LogP contribution in [0.15, 0.2) is 0 Å². The third-order valence-electron chi connectivity index (χ3n) is 3.77. The van der Waals surface area contributed by atoms with E-state index in [2.05, 4.69) is 37.9 Å². The lowest BCUT2D eigenvalue weighted by atomic mass is 9.92. The van der Waals surface area contributed by atoms with Crippen LogP contribution >= 0.6 is 0 Å². The summed E-state index contributed by atoms with van der Waals surface area (Å²) in [5.41, 5.74) is -0.342. The van der Waals surface area contributed by atoms with Gasteiger partial charge in [-0.15, -0.1) is 0 Å². The molecule has 3 nitrogen and oxygen atoms in total. The van der Waals surface area contributed by atoms with Gasteiger partial charge in [0.1, 0.15) is 0 Å². The van der Waals surface area contributed by atoms with Gasteiger partial charge in [-0.1, -0.05) is 13.8 Å². The van der Waals surface area contributed by atoms with E-state index >= 15 is 0 Å². The molecule has 1 aliphatic rings. The smallest absolute Gasteiger partial charge is 0.0769 e. The summed E-state index contributed by atoms with van der Waals surface area (Å²) in [4.78, 5) is 2.41. The predicted molar refractivity (Wildman–Crippen MR) is 64.1 cm³/mol.